The molecule has 6 heteroatoms. The van der Waals surface area contributed by atoms with E-state index in [4.69, 9.17) is 5.73 Å². The van der Waals surface area contributed by atoms with Crippen LogP contribution in [0.5, 0.6) is 5.88 Å². The van der Waals surface area contributed by atoms with E-state index in [0.717, 1.165) is 17.0 Å². The third-order valence-electron chi connectivity index (χ3n) is 2.89. The van der Waals surface area contributed by atoms with Crippen LogP contribution in [-0.2, 0) is 0 Å². The van der Waals surface area contributed by atoms with E-state index in [-0.39, 0.29) is 11.8 Å². The summed E-state index contributed by atoms with van der Waals surface area (Å²) in [5.41, 5.74) is 9.80. The number of hydrogen-bond acceptors (Lipinski definition) is 5. The van der Waals surface area contributed by atoms with Gasteiger partial charge in [0.2, 0.25) is 11.8 Å². The highest BCUT2D eigenvalue weighted by Crippen LogP contribution is 2.18. The Morgan fingerprint density at radius 3 is 2.56 bits per heavy atom. The van der Waals surface area contributed by atoms with Crippen molar-refractivity contribution in [3.05, 3.63) is 28.6 Å². The maximum Gasteiger partial charge on any atom is 0.225 e. The van der Waals surface area contributed by atoms with E-state index in [2.05, 4.69) is 19.9 Å². The Labute approximate surface area is 105 Å². The third-order valence-corrected chi connectivity index (χ3v) is 2.89. The van der Waals surface area contributed by atoms with Gasteiger partial charge in [-0.25, -0.2) is 4.99 Å². The normalized spacial score (nSPS) is 11.3. The van der Waals surface area contributed by atoms with Gasteiger partial charge in [0.15, 0.2) is 5.82 Å². The van der Waals surface area contributed by atoms with Crippen LogP contribution in [0.1, 0.15) is 22.5 Å². The van der Waals surface area contributed by atoms with Crippen LogP contribution in [0.25, 0.3) is 0 Å². The molecule has 0 atom stereocenters. The van der Waals surface area contributed by atoms with Gasteiger partial charge in [-0.05, 0) is 31.9 Å². The zero-order valence-corrected chi connectivity index (χ0v) is 10.5. The average Bonchev–Trinajstić information content (AvgIpc) is 2.53. The number of nitrogens with two attached hydrogens (primary N) is 1. The van der Waals surface area contributed by atoms with Crippen molar-refractivity contribution in [1.82, 2.24) is 15.0 Å². The third kappa shape index (κ3) is 2.32. The first-order chi connectivity index (χ1) is 8.47. The van der Waals surface area contributed by atoms with Gasteiger partial charge in [0.05, 0.1) is 11.9 Å². The summed E-state index contributed by atoms with van der Waals surface area (Å²) in [6.07, 6.45) is 1.66. The fourth-order valence-electron chi connectivity index (χ4n) is 1.64. The Morgan fingerprint density at radius 2 is 2.00 bits per heavy atom. The lowest BCUT2D eigenvalue weighted by Crippen LogP contribution is -1.93. The van der Waals surface area contributed by atoms with Crippen LogP contribution < -0.4 is 5.73 Å². The van der Waals surface area contributed by atoms with Crippen LogP contribution in [0.15, 0.2) is 11.1 Å². The number of aromatic nitrogens is 3. The van der Waals surface area contributed by atoms with Gasteiger partial charge in [-0.15, -0.1) is 0 Å². The maximum atomic E-state index is 9.28. The molecular weight excluding hydrogens is 230 g/mol. The van der Waals surface area contributed by atoms with E-state index in [1.807, 2.05) is 20.8 Å². The van der Waals surface area contributed by atoms with Crippen LogP contribution in [-0.4, -0.2) is 26.3 Å². The van der Waals surface area contributed by atoms with Crippen LogP contribution in [0.4, 0.5) is 11.8 Å². The predicted octanol–water partition coefficient (Wildman–Crippen LogP) is 1.77. The molecule has 0 aliphatic rings. The first-order valence-corrected chi connectivity index (χ1v) is 5.50. The molecule has 0 spiro atoms. The summed E-state index contributed by atoms with van der Waals surface area (Å²) < 4.78 is 0. The number of aryl methyl sites for hydroxylation is 1. The molecule has 0 aliphatic heterocycles. The second-order valence-electron chi connectivity index (χ2n) is 4.11. The Morgan fingerprint density at radius 1 is 1.28 bits per heavy atom. The molecule has 4 N–H and O–H groups in total. The zero-order chi connectivity index (χ0) is 13.3. The van der Waals surface area contributed by atoms with E-state index in [9.17, 15) is 5.11 Å². The summed E-state index contributed by atoms with van der Waals surface area (Å²) in [6.45, 7) is 6.08. The molecule has 18 heavy (non-hydrogen) atoms. The zero-order valence-electron chi connectivity index (χ0n) is 10.5. The molecule has 0 aliphatic carbocycles. The number of nitrogens with one attached hydrogen (secondary N) is 1. The van der Waals surface area contributed by atoms with Gasteiger partial charge < -0.3 is 15.8 Å². The second kappa shape index (κ2) is 4.48. The van der Waals surface area contributed by atoms with Crippen molar-refractivity contribution in [2.75, 3.05) is 5.73 Å². The lowest BCUT2D eigenvalue weighted by Gasteiger charge is -1.96. The topological polar surface area (TPSA) is 100 Å². The van der Waals surface area contributed by atoms with Crippen LogP contribution >= 0.6 is 0 Å². The highest BCUT2D eigenvalue weighted by atomic mass is 16.3. The molecule has 0 amide bonds. The van der Waals surface area contributed by atoms with Crippen molar-refractivity contribution in [2.45, 2.75) is 20.8 Å². The minimum atomic E-state index is -0.190. The molecule has 0 saturated carbocycles. The van der Waals surface area contributed by atoms with Crippen LogP contribution in [0.2, 0.25) is 0 Å². The molecule has 94 valence electrons. The minimum absolute atomic E-state index is 0.00211. The van der Waals surface area contributed by atoms with Crippen molar-refractivity contribution >= 4 is 18.0 Å². The van der Waals surface area contributed by atoms with Crippen molar-refractivity contribution in [1.29, 1.82) is 0 Å². The molecule has 0 aromatic carbocycles. The summed E-state index contributed by atoms with van der Waals surface area (Å²) in [6, 6.07) is 1.35. The van der Waals surface area contributed by atoms with Gasteiger partial charge in [-0.3, -0.25) is 0 Å². The number of aliphatic imine (C=N–C) groups is 1. The fourth-order valence-corrected chi connectivity index (χ4v) is 1.64. The lowest BCUT2D eigenvalue weighted by atomic mass is 10.1. The van der Waals surface area contributed by atoms with E-state index in [1.165, 1.54) is 11.6 Å². The monoisotopic (exact) mass is 245 g/mol. The van der Waals surface area contributed by atoms with Crippen molar-refractivity contribution in [3.63, 3.8) is 0 Å². The molecule has 0 unspecified atom stereocenters. The Kier molecular flexibility index (Phi) is 3.01. The molecule has 0 radical (unpaired) electrons. The summed E-state index contributed by atoms with van der Waals surface area (Å²) >= 11 is 0. The molecule has 2 heterocycles. The van der Waals surface area contributed by atoms with Gasteiger partial charge in [0, 0.05) is 11.8 Å². The minimum Gasteiger partial charge on any atom is -0.493 e. The molecule has 2 rings (SSSR count). The average molecular weight is 245 g/mol. The number of rotatable bonds is 2. The number of nitrogens with zero attached hydrogens (tertiary/aromatic N) is 3. The Hall–Kier alpha value is -2.37. The predicted molar refractivity (Wildman–Crippen MR) is 70.4 cm³/mol. The van der Waals surface area contributed by atoms with Crippen molar-refractivity contribution in [2.24, 2.45) is 4.99 Å². The van der Waals surface area contributed by atoms with Crippen LogP contribution in [0.3, 0.4) is 0 Å². The quantitative estimate of drug-likeness (QED) is 0.702. The lowest BCUT2D eigenvalue weighted by molar-refractivity contribution is 0.453. The largest absolute Gasteiger partial charge is 0.493 e. The van der Waals surface area contributed by atoms with Gasteiger partial charge in [0.25, 0.3) is 0 Å². The number of nitrogen functional groups attached to an aromatic ring is 1. The van der Waals surface area contributed by atoms with Gasteiger partial charge >= 0.3 is 0 Å². The molecule has 2 aromatic heterocycles. The Bertz CT molecular complexity index is 595. The molecule has 0 bridgehead atoms. The number of hydrogen-bond donors (Lipinski definition) is 3. The molecule has 0 saturated heterocycles. The summed E-state index contributed by atoms with van der Waals surface area (Å²) in [4.78, 5) is 14.9. The second-order valence-corrected chi connectivity index (χ2v) is 4.11. The Balaban J connectivity index is 2.32. The van der Waals surface area contributed by atoms with Crippen LogP contribution in [0, 0.1) is 20.8 Å². The van der Waals surface area contributed by atoms with E-state index >= 15 is 0 Å². The number of anilines is 1. The number of aromatic hydroxyl groups is 1. The summed E-state index contributed by atoms with van der Waals surface area (Å²) in [5, 5.41) is 9.28. The van der Waals surface area contributed by atoms with E-state index in [0.29, 0.717) is 5.82 Å². The van der Waals surface area contributed by atoms with E-state index in [1.54, 1.807) is 6.21 Å². The number of aromatic amines is 1. The molecule has 2 aromatic rings. The first-order valence-electron chi connectivity index (χ1n) is 5.50. The standard InChI is InChI=1S/C12H15N5O/c1-6-7(2)9(15-8(6)3)5-14-10-4-11(18)17-12(13)16-10/h4-5,15H,1-3H3,(H3,13,16,17,18)/b14-5+. The molecular formula is C12H15N5O. The van der Waals surface area contributed by atoms with Crippen molar-refractivity contribution < 1.29 is 5.11 Å². The SMILES string of the molecule is Cc1[nH]c(/C=N/c2cc(O)nc(N)n2)c(C)c1C. The number of H-pyrrole nitrogens is 1. The van der Waals surface area contributed by atoms with Crippen molar-refractivity contribution in [3.8, 4) is 5.88 Å². The van der Waals surface area contributed by atoms with E-state index < -0.39 is 0 Å². The summed E-state index contributed by atoms with van der Waals surface area (Å²) in [5.74, 6) is 0.132. The van der Waals surface area contributed by atoms with Gasteiger partial charge in [0.1, 0.15) is 0 Å². The maximum absolute atomic E-state index is 9.28. The fraction of sp³-hybridized carbons (Fsp3) is 0.250. The first kappa shape index (κ1) is 12.1. The highest BCUT2D eigenvalue weighted by Gasteiger charge is 2.05. The highest BCUT2D eigenvalue weighted by molar-refractivity contribution is 5.82. The molecule has 0 fully saturated rings. The summed E-state index contributed by atoms with van der Waals surface area (Å²) in [7, 11) is 0. The van der Waals surface area contributed by atoms with Gasteiger partial charge in [-0.1, -0.05) is 0 Å². The molecule has 6 nitrogen and oxygen atoms in total. The smallest absolute Gasteiger partial charge is 0.225 e. The van der Waals surface area contributed by atoms with Gasteiger partial charge in [-0.2, -0.15) is 9.97 Å².